The second-order valence-electron chi connectivity index (χ2n) is 5.18. The van der Waals surface area contributed by atoms with Gasteiger partial charge < -0.3 is 10.2 Å². The van der Waals surface area contributed by atoms with E-state index in [4.69, 9.17) is 11.6 Å². The smallest absolute Gasteiger partial charge is 0.262 e. The summed E-state index contributed by atoms with van der Waals surface area (Å²) >= 11 is 7.41. The molecule has 1 unspecified atom stereocenters. The number of anilines is 1. The van der Waals surface area contributed by atoms with Crippen molar-refractivity contribution >= 4 is 46.0 Å². The van der Waals surface area contributed by atoms with Crippen molar-refractivity contribution in [2.75, 3.05) is 18.4 Å². The molecule has 1 aliphatic rings. The van der Waals surface area contributed by atoms with Gasteiger partial charge >= 0.3 is 0 Å². The van der Waals surface area contributed by atoms with Crippen LogP contribution < -0.4 is 5.32 Å². The van der Waals surface area contributed by atoms with Crippen LogP contribution in [0.4, 0.5) is 5.69 Å². The van der Waals surface area contributed by atoms with Crippen LogP contribution in [-0.4, -0.2) is 40.2 Å². The zero-order chi connectivity index (χ0) is 17.0. The Balaban J connectivity index is 1.97. The number of hydrogen-bond acceptors (Lipinski definition) is 4. The van der Waals surface area contributed by atoms with Crippen LogP contribution in [0.1, 0.15) is 25.8 Å². The fraction of sp³-hybridized carbons (Fsp3) is 0.438. The summed E-state index contributed by atoms with van der Waals surface area (Å²) in [6.45, 7) is 7.44. The minimum atomic E-state index is -0.454. The summed E-state index contributed by atoms with van der Waals surface area (Å²) in [4.78, 5) is 30.3. The number of benzene rings is 1. The second kappa shape index (κ2) is 7.84. The first-order valence-corrected chi connectivity index (χ1v) is 8.81. The van der Waals surface area contributed by atoms with Gasteiger partial charge in [-0.1, -0.05) is 29.4 Å². The standard InChI is InChI=1S/C16H20ClN3O2S/c1-4-20(5-2)16-19-15(22)13(23-16)9-14(21)18-12-8-6-7-11(17)10(12)3/h6-8,13H,4-5,9H2,1-3H3,(H,18,21). The summed E-state index contributed by atoms with van der Waals surface area (Å²) in [5.74, 6) is -0.452. The molecule has 0 spiro atoms. The number of amidine groups is 1. The van der Waals surface area contributed by atoms with Gasteiger partial charge in [0.1, 0.15) is 5.25 Å². The van der Waals surface area contributed by atoms with E-state index >= 15 is 0 Å². The monoisotopic (exact) mass is 353 g/mol. The van der Waals surface area contributed by atoms with Gasteiger partial charge in [0.2, 0.25) is 5.91 Å². The number of thioether (sulfide) groups is 1. The fourth-order valence-corrected chi connectivity index (χ4v) is 3.62. The average molecular weight is 354 g/mol. The summed E-state index contributed by atoms with van der Waals surface area (Å²) in [7, 11) is 0. The highest BCUT2D eigenvalue weighted by Gasteiger charge is 2.32. The van der Waals surface area contributed by atoms with Gasteiger partial charge in [0.05, 0.1) is 0 Å². The Hall–Kier alpha value is -1.53. The molecular formula is C16H20ClN3O2S. The molecule has 124 valence electrons. The van der Waals surface area contributed by atoms with Crippen LogP contribution in [0.2, 0.25) is 5.02 Å². The summed E-state index contributed by atoms with van der Waals surface area (Å²) < 4.78 is 0. The first-order valence-electron chi connectivity index (χ1n) is 7.55. The van der Waals surface area contributed by atoms with Crippen molar-refractivity contribution in [2.24, 2.45) is 4.99 Å². The van der Waals surface area contributed by atoms with E-state index in [1.807, 2.05) is 25.7 Å². The van der Waals surface area contributed by atoms with Gasteiger partial charge in [-0.15, -0.1) is 0 Å². The molecule has 0 saturated carbocycles. The van der Waals surface area contributed by atoms with Crippen LogP contribution in [0.25, 0.3) is 0 Å². The average Bonchev–Trinajstić information content (AvgIpc) is 2.86. The first kappa shape index (κ1) is 17.8. The van der Waals surface area contributed by atoms with Crippen molar-refractivity contribution in [3.05, 3.63) is 28.8 Å². The predicted molar refractivity (Wildman–Crippen MR) is 96.2 cm³/mol. The zero-order valence-electron chi connectivity index (χ0n) is 13.4. The summed E-state index contributed by atoms with van der Waals surface area (Å²) in [5.41, 5.74) is 1.48. The third kappa shape index (κ3) is 4.26. The summed E-state index contributed by atoms with van der Waals surface area (Å²) in [6.07, 6.45) is 0.101. The summed E-state index contributed by atoms with van der Waals surface area (Å²) in [6, 6.07) is 5.34. The van der Waals surface area contributed by atoms with Gasteiger partial charge in [-0.2, -0.15) is 4.99 Å². The van der Waals surface area contributed by atoms with Crippen LogP contribution >= 0.6 is 23.4 Å². The summed E-state index contributed by atoms with van der Waals surface area (Å²) in [5, 5.41) is 3.67. The molecule has 5 nitrogen and oxygen atoms in total. The van der Waals surface area contributed by atoms with Gasteiger partial charge in [-0.05, 0) is 38.5 Å². The van der Waals surface area contributed by atoms with Crippen molar-refractivity contribution in [2.45, 2.75) is 32.4 Å². The number of nitrogens with zero attached hydrogens (tertiary/aromatic N) is 2. The van der Waals surface area contributed by atoms with Crippen molar-refractivity contribution in [1.82, 2.24) is 4.90 Å². The SMILES string of the molecule is CCN(CC)C1=NC(=O)C(CC(=O)Nc2cccc(Cl)c2C)S1. The molecule has 0 bridgehead atoms. The molecule has 1 heterocycles. The Morgan fingerprint density at radius 1 is 1.39 bits per heavy atom. The highest BCUT2D eigenvalue weighted by Crippen LogP contribution is 2.28. The quantitative estimate of drug-likeness (QED) is 0.882. The molecule has 0 aromatic heterocycles. The number of hydrogen-bond donors (Lipinski definition) is 1. The van der Waals surface area contributed by atoms with Crippen LogP contribution in [0.15, 0.2) is 23.2 Å². The lowest BCUT2D eigenvalue weighted by atomic mass is 10.2. The maximum atomic E-state index is 12.2. The van der Waals surface area contributed by atoms with Gasteiger partial charge in [0, 0.05) is 30.2 Å². The van der Waals surface area contributed by atoms with Gasteiger partial charge in [0.25, 0.3) is 5.91 Å². The molecule has 7 heteroatoms. The number of halogens is 1. The van der Waals surface area contributed by atoms with E-state index < -0.39 is 5.25 Å². The third-order valence-electron chi connectivity index (χ3n) is 3.68. The predicted octanol–water partition coefficient (Wildman–Crippen LogP) is 3.32. The van der Waals surface area contributed by atoms with Crippen molar-refractivity contribution in [3.63, 3.8) is 0 Å². The third-order valence-corrected chi connectivity index (χ3v) is 5.30. The highest BCUT2D eigenvalue weighted by molar-refractivity contribution is 8.15. The molecule has 0 fully saturated rings. The molecule has 0 radical (unpaired) electrons. The second-order valence-corrected chi connectivity index (χ2v) is 6.75. The molecule has 1 atom stereocenters. The number of amides is 2. The van der Waals surface area contributed by atoms with Crippen molar-refractivity contribution in [3.8, 4) is 0 Å². The lowest BCUT2D eigenvalue weighted by molar-refractivity contribution is -0.121. The largest absolute Gasteiger partial charge is 0.352 e. The number of aliphatic imine (C=N–C) groups is 1. The van der Waals surface area contributed by atoms with Crippen LogP contribution in [0.5, 0.6) is 0 Å². The van der Waals surface area contributed by atoms with E-state index in [-0.39, 0.29) is 18.2 Å². The van der Waals surface area contributed by atoms with Gasteiger partial charge in [0.15, 0.2) is 5.17 Å². The Bertz CT molecular complexity index is 644. The minimum absolute atomic E-state index is 0.101. The molecular weight excluding hydrogens is 334 g/mol. The van der Waals surface area contributed by atoms with Gasteiger partial charge in [-0.3, -0.25) is 9.59 Å². The lowest BCUT2D eigenvalue weighted by Crippen LogP contribution is -2.28. The Morgan fingerprint density at radius 3 is 2.74 bits per heavy atom. The van der Waals surface area contributed by atoms with Crippen LogP contribution in [-0.2, 0) is 9.59 Å². The van der Waals surface area contributed by atoms with E-state index in [2.05, 4.69) is 10.3 Å². The van der Waals surface area contributed by atoms with E-state index in [0.717, 1.165) is 18.7 Å². The van der Waals surface area contributed by atoms with Gasteiger partial charge in [-0.25, -0.2) is 0 Å². The fourth-order valence-electron chi connectivity index (χ4n) is 2.25. The van der Waals surface area contributed by atoms with E-state index in [0.29, 0.717) is 15.9 Å². The van der Waals surface area contributed by atoms with E-state index in [1.165, 1.54) is 11.8 Å². The molecule has 1 aromatic rings. The minimum Gasteiger partial charge on any atom is -0.352 e. The Morgan fingerprint density at radius 2 is 2.09 bits per heavy atom. The topological polar surface area (TPSA) is 61.8 Å². The zero-order valence-corrected chi connectivity index (χ0v) is 15.0. The molecule has 1 aliphatic heterocycles. The number of nitrogens with one attached hydrogen (secondary N) is 1. The molecule has 0 saturated heterocycles. The molecule has 1 aromatic carbocycles. The molecule has 1 N–H and O–H groups in total. The molecule has 2 rings (SSSR count). The Labute approximate surface area is 145 Å². The molecule has 2 amide bonds. The highest BCUT2D eigenvalue weighted by atomic mass is 35.5. The van der Waals surface area contributed by atoms with Crippen LogP contribution in [0, 0.1) is 6.92 Å². The van der Waals surface area contributed by atoms with Crippen LogP contribution in [0.3, 0.4) is 0 Å². The lowest BCUT2D eigenvalue weighted by Gasteiger charge is -2.19. The van der Waals surface area contributed by atoms with E-state index in [9.17, 15) is 9.59 Å². The van der Waals surface area contributed by atoms with Crippen molar-refractivity contribution in [1.29, 1.82) is 0 Å². The maximum Gasteiger partial charge on any atom is 0.262 e. The molecule has 0 aliphatic carbocycles. The normalized spacial score (nSPS) is 17.1. The molecule has 23 heavy (non-hydrogen) atoms. The van der Waals surface area contributed by atoms with E-state index in [1.54, 1.807) is 18.2 Å². The number of rotatable bonds is 5. The Kier molecular flexibility index (Phi) is 6.07. The maximum absolute atomic E-state index is 12.2. The van der Waals surface area contributed by atoms with Crippen molar-refractivity contribution < 1.29 is 9.59 Å². The number of carbonyl (C=O) groups is 2. The first-order chi connectivity index (χ1) is 11.0. The number of carbonyl (C=O) groups excluding carboxylic acids is 2.